The van der Waals surface area contributed by atoms with Gasteiger partial charge >= 0.3 is 0 Å². The molecule has 2 heterocycles. The van der Waals surface area contributed by atoms with Gasteiger partial charge in [0.2, 0.25) is 5.96 Å². The molecule has 1 amide bonds. The summed E-state index contributed by atoms with van der Waals surface area (Å²) in [5.41, 5.74) is 4.00. The summed E-state index contributed by atoms with van der Waals surface area (Å²) in [4.78, 5) is 19.2. The first-order valence-electron chi connectivity index (χ1n) is 9.52. The second kappa shape index (κ2) is 7.33. The van der Waals surface area contributed by atoms with Gasteiger partial charge in [0.05, 0.1) is 19.0 Å². The first-order chi connectivity index (χ1) is 14.7. The normalized spacial score (nSPS) is 16.2. The Hall–Kier alpha value is -4.19. The van der Waals surface area contributed by atoms with Gasteiger partial charge in [-0.1, -0.05) is 48.5 Å². The zero-order valence-corrected chi connectivity index (χ0v) is 16.3. The zero-order valence-electron chi connectivity index (χ0n) is 16.3. The molecule has 0 saturated carbocycles. The summed E-state index contributed by atoms with van der Waals surface area (Å²) in [5.74, 6) is 0.871. The molecule has 0 spiro atoms. The van der Waals surface area contributed by atoms with Crippen molar-refractivity contribution in [3.8, 4) is 5.75 Å². The summed E-state index contributed by atoms with van der Waals surface area (Å²) in [6.45, 7) is 0. The number of hydrogen-bond donors (Lipinski definition) is 0. The molecule has 146 valence electrons. The minimum atomic E-state index is -0.335. The highest BCUT2D eigenvalue weighted by Crippen LogP contribution is 2.35. The Morgan fingerprint density at radius 1 is 0.900 bits per heavy atom. The average molecular weight is 394 g/mol. The highest BCUT2D eigenvalue weighted by molar-refractivity contribution is 6.20. The SMILES string of the molecule is COc1ccc(/C=C2\C(=O)N=C3N2N=Cc2ccccc2N3c2ccccc2)cc1. The van der Waals surface area contributed by atoms with E-state index in [0.29, 0.717) is 11.7 Å². The van der Waals surface area contributed by atoms with Crippen LogP contribution in [0, 0.1) is 0 Å². The predicted octanol–water partition coefficient (Wildman–Crippen LogP) is 4.42. The molecule has 6 heteroatoms. The summed E-state index contributed by atoms with van der Waals surface area (Å²) in [7, 11) is 1.62. The summed E-state index contributed by atoms with van der Waals surface area (Å²) >= 11 is 0. The Kier molecular flexibility index (Phi) is 4.37. The van der Waals surface area contributed by atoms with Crippen LogP contribution in [0.25, 0.3) is 6.08 Å². The van der Waals surface area contributed by atoms with E-state index in [-0.39, 0.29) is 5.91 Å². The number of anilines is 2. The minimum absolute atomic E-state index is 0.335. The van der Waals surface area contributed by atoms with Crippen molar-refractivity contribution in [2.24, 2.45) is 10.1 Å². The molecule has 0 fully saturated rings. The van der Waals surface area contributed by atoms with E-state index >= 15 is 0 Å². The second-order valence-electron chi connectivity index (χ2n) is 6.81. The van der Waals surface area contributed by atoms with E-state index in [1.165, 1.54) is 0 Å². The number of carbonyl (C=O) groups excluding carboxylic acids is 1. The van der Waals surface area contributed by atoms with Gasteiger partial charge in [-0.25, -0.2) is 0 Å². The third kappa shape index (κ3) is 3.04. The number of ether oxygens (including phenoxy) is 1. The highest BCUT2D eigenvalue weighted by Gasteiger charge is 2.36. The van der Waals surface area contributed by atoms with Crippen molar-refractivity contribution in [2.75, 3.05) is 12.0 Å². The number of rotatable bonds is 3. The van der Waals surface area contributed by atoms with Crippen LogP contribution in [0.3, 0.4) is 0 Å². The summed E-state index contributed by atoms with van der Waals surface area (Å²) in [6, 6.07) is 25.2. The summed E-state index contributed by atoms with van der Waals surface area (Å²) in [6.07, 6.45) is 3.54. The molecule has 0 aromatic heterocycles. The maximum Gasteiger partial charge on any atom is 0.299 e. The zero-order chi connectivity index (χ0) is 20.5. The number of guanidine groups is 1. The van der Waals surface area contributed by atoms with E-state index < -0.39 is 0 Å². The lowest BCUT2D eigenvalue weighted by Gasteiger charge is -2.27. The van der Waals surface area contributed by atoms with Gasteiger partial charge in [0.15, 0.2) is 0 Å². The topological polar surface area (TPSA) is 57.5 Å². The number of benzene rings is 3. The molecule has 0 atom stereocenters. The van der Waals surface area contributed by atoms with Crippen molar-refractivity contribution in [2.45, 2.75) is 0 Å². The Morgan fingerprint density at radius 2 is 1.63 bits per heavy atom. The fourth-order valence-corrected chi connectivity index (χ4v) is 3.49. The Labute approximate surface area is 174 Å². The third-order valence-corrected chi connectivity index (χ3v) is 4.96. The molecular weight excluding hydrogens is 376 g/mol. The number of hydrazone groups is 1. The maximum atomic E-state index is 12.8. The minimum Gasteiger partial charge on any atom is -0.497 e. The lowest BCUT2D eigenvalue weighted by atomic mass is 10.1. The number of carbonyl (C=O) groups is 1. The number of para-hydroxylation sites is 2. The van der Waals surface area contributed by atoms with Gasteiger partial charge in [-0.3, -0.25) is 9.69 Å². The lowest BCUT2D eigenvalue weighted by Crippen LogP contribution is -2.34. The van der Waals surface area contributed by atoms with Crippen LogP contribution in [0.5, 0.6) is 5.75 Å². The van der Waals surface area contributed by atoms with Crippen LogP contribution in [0.4, 0.5) is 11.4 Å². The van der Waals surface area contributed by atoms with Crippen LogP contribution in [-0.4, -0.2) is 30.2 Å². The molecule has 0 N–H and O–H groups in total. The Balaban J connectivity index is 1.62. The molecule has 6 nitrogen and oxygen atoms in total. The number of methoxy groups -OCH3 is 1. The Bertz CT molecular complexity index is 1200. The molecule has 0 unspecified atom stereocenters. The molecule has 2 aliphatic heterocycles. The maximum absolute atomic E-state index is 12.8. The van der Waals surface area contributed by atoms with Gasteiger partial charge in [-0.2, -0.15) is 15.1 Å². The van der Waals surface area contributed by atoms with E-state index in [4.69, 9.17) is 4.74 Å². The fraction of sp³-hybridized carbons (Fsp3) is 0.0417. The highest BCUT2D eigenvalue weighted by atomic mass is 16.5. The summed E-state index contributed by atoms with van der Waals surface area (Å²) in [5, 5.41) is 6.18. The molecule has 5 rings (SSSR count). The quantitative estimate of drug-likeness (QED) is 0.617. The number of aliphatic imine (C=N–C) groups is 1. The van der Waals surface area contributed by atoms with Gasteiger partial charge < -0.3 is 4.74 Å². The largest absolute Gasteiger partial charge is 0.497 e. The van der Waals surface area contributed by atoms with Crippen LogP contribution >= 0.6 is 0 Å². The molecule has 30 heavy (non-hydrogen) atoms. The van der Waals surface area contributed by atoms with Gasteiger partial charge in [-0.05, 0) is 42.0 Å². The number of hydrogen-bond acceptors (Lipinski definition) is 5. The predicted molar refractivity (Wildman–Crippen MR) is 118 cm³/mol. The molecule has 2 aliphatic rings. The molecule has 0 radical (unpaired) electrons. The molecular formula is C24H18N4O2. The van der Waals surface area contributed by atoms with Crippen molar-refractivity contribution in [3.63, 3.8) is 0 Å². The van der Waals surface area contributed by atoms with Crippen LogP contribution in [0.1, 0.15) is 11.1 Å². The standard InChI is InChI=1S/C24H18N4O2/c1-30-20-13-11-17(12-14-20)15-22-23(29)26-24-27(19-8-3-2-4-9-19)21-10-6-5-7-18(21)16-25-28(22)24/h2-16H,1H3/b22-15+. The van der Waals surface area contributed by atoms with Crippen molar-refractivity contribution >= 4 is 35.5 Å². The first kappa shape index (κ1) is 17.9. The lowest BCUT2D eigenvalue weighted by molar-refractivity contribution is -0.114. The van der Waals surface area contributed by atoms with Crippen molar-refractivity contribution < 1.29 is 9.53 Å². The molecule has 3 aromatic rings. The van der Waals surface area contributed by atoms with E-state index in [0.717, 1.165) is 28.3 Å². The summed E-state index contributed by atoms with van der Waals surface area (Å²) < 4.78 is 5.21. The van der Waals surface area contributed by atoms with Crippen molar-refractivity contribution in [1.82, 2.24) is 5.01 Å². The first-order valence-corrected chi connectivity index (χ1v) is 9.52. The molecule has 0 aliphatic carbocycles. The smallest absolute Gasteiger partial charge is 0.299 e. The molecule has 0 bridgehead atoms. The van der Waals surface area contributed by atoms with Crippen molar-refractivity contribution in [3.05, 3.63) is 95.7 Å². The van der Waals surface area contributed by atoms with Crippen LogP contribution in [0.15, 0.2) is 94.7 Å². The average Bonchev–Trinajstić information content (AvgIpc) is 2.99. The van der Waals surface area contributed by atoms with E-state index in [1.807, 2.05) is 83.8 Å². The van der Waals surface area contributed by atoms with Gasteiger partial charge in [-0.15, -0.1) is 0 Å². The van der Waals surface area contributed by atoms with E-state index in [2.05, 4.69) is 10.1 Å². The van der Waals surface area contributed by atoms with Crippen LogP contribution < -0.4 is 9.64 Å². The monoisotopic (exact) mass is 394 g/mol. The van der Waals surface area contributed by atoms with E-state index in [9.17, 15) is 4.79 Å². The third-order valence-electron chi connectivity index (χ3n) is 4.96. The molecule has 3 aromatic carbocycles. The van der Waals surface area contributed by atoms with Crippen LogP contribution in [-0.2, 0) is 4.79 Å². The fourth-order valence-electron chi connectivity index (χ4n) is 3.49. The number of nitrogens with zero attached hydrogens (tertiary/aromatic N) is 4. The van der Waals surface area contributed by atoms with Gasteiger partial charge in [0.25, 0.3) is 5.91 Å². The van der Waals surface area contributed by atoms with E-state index in [1.54, 1.807) is 24.4 Å². The van der Waals surface area contributed by atoms with Gasteiger partial charge in [0, 0.05) is 11.3 Å². The second-order valence-corrected chi connectivity index (χ2v) is 6.81. The van der Waals surface area contributed by atoms with Crippen LogP contribution in [0.2, 0.25) is 0 Å². The van der Waals surface area contributed by atoms with Crippen molar-refractivity contribution in [1.29, 1.82) is 0 Å². The Morgan fingerprint density at radius 3 is 2.40 bits per heavy atom. The number of amides is 1. The number of fused-ring (bicyclic) bond motifs is 2. The van der Waals surface area contributed by atoms with Gasteiger partial charge in [0.1, 0.15) is 11.4 Å². The molecule has 0 saturated heterocycles.